The zero-order valence-corrected chi connectivity index (χ0v) is 15.7. The van der Waals surface area contributed by atoms with Crippen molar-refractivity contribution < 1.29 is 9.72 Å². The molecule has 0 spiro atoms. The number of carbonyl (C=O) groups is 1. The maximum Gasteiger partial charge on any atom is 0.273 e. The van der Waals surface area contributed by atoms with Crippen molar-refractivity contribution >= 4 is 33.7 Å². The van der Waals surface area contributed by atoms with Gasteiger partial charge in [-0.25, -0.2) is 5.43 Å². The summed E-state index contributed by atoms with van der Waals surface area (Å²) in [5, 5.41) is 15.0. The van der Waals surface area contributed by atoms with E-state index in [1.807, 2.05) is 47.2 Å². The predicted octanol–water partition coefficient (Wildman–Crippen LogP) is 3.84. The van der Waals surface area contributed by atoms with Crippen molar-refractivity contribution in [2.24, 2.45) is 5.10 Å². The molecule has 0 saturated heterocycles. The number of aromatic nitrogens is 1. The van der Waals surface area contributed by atoms with Crippen molar-refractivity contribution in [3.8, 4) is 5.69 Å². The fourth-order valence-corrected chi connectivity index (χ4v) is 2.97. The van der Waals surface area contributed by atoms with Crippen molar-refractivity contribution in [1.29, 1.82) is 0 Å². The van der Waals surface area contributed by atoms with Crippen LogP contribution in [0.5, 0.6) is 0 Å². The number of rotatable bonds is 6. The molecule has 3 rings (SSSR count). The molecular weight excluding hydrogens is 412 g/mol. The van der Waals surface area contributed by atoms with Gasteiger partial charge in [-0.2, -0.15) is 5.10 Å². The molecule has 3 aromatic rings. The van der Waals surface area contributed by atoms with Crippen molar-refractivity contribution in [2.45, 2.75) is 6.42 Å². The second kappa shape index (κ2) is 8.41. The van der Waals surface area contributed by atoms with Crippen LogP contribution in [-0.2, 0) is 11.2 Å². The highest BCUT2D eigenvalue weighted by molar-refractivity contribution is 9.10. The number of para-hydroxylation sites is 1. The van der Waals surface area contributed by atoms with Gasteiger partial charge in [0.1, 0.15) is 0 Å². The quantitative estimate of drug-likeness (QED) is 0.368. The van der Waals surface area contributed by atoms with E-state index in [2.05, 4.69) is 26.5 Å². The molecule has 0 bridgehead atoms. The van der Waals surface area contributed by atoms with E-state index in [1.54, 1.807) is 18.2 Å². The molecule has 136 valence electrons. The first-order valence-electron chi connectivity index (χ1n) is 8.02. The molecule has 0 unspecified atom stereocenters. The molecule has 0 saturated carbocycles. The number of amides is 1. The number of hydrogen-bond acceptors (Lipinski definition) is 4. The lowest BCUT2D eigenvalue weighted by Gasteiger charge is -2.06. The Bertz CT molecular complexity index is 1010. The van der Waals surface area contributed by atoms with Crippen LogP contribution in [0.15, 0.2) is 76.4 Å². The van der Waals surface area contributed by atoms with Gasteiger partial charge in [0.25, 0.3) is 5.69 Å². The summed E-state index contributed by atoms with van der Waals surface area (Å²) in [6.07, 6.45) is 3.29. The van der Waals surface area contributed by atoms with Crippen molar-refractivity contribution in [3.63, 3.8) is 0 Å². The summed E-state index contributed by atoms with van der Waals surface area (Å²) >= 11 is 3.44. The average Bonchev–Trinajstić information content (AvgIpc) is 3.10. The number of halogens is 1. The Balaban J connectivity index is 1.68. The lowest BCUT2D eigenvalue weighted by molar-refractivity contribution is -0.385. The molecule has 1 N–H and O–H groups in total. The van der Waals surface area contributed by atoms with Crippen LogP contribution in [0, 0.1) is 10.1 Å². The van der Waals surface area contributed by atoms with Crippen LogP contribution in [0.3, 0.4) is 0 Å². The van der Waals surface area contributed by atoms with Gasteiger partial charge >= 0.3 is 0 Å². The van der Waals surface area contributed by atoms with E-state index in [9.17, 15) is 14.9 Å². The van der Waals surface area contributed by atoms with Crippen LogP contribution >= 0.6 is 15.9 Å². The molecule has 8 heteroatoms. The molecule has 0 aliphatic carbocycles. The van der Waals surface area contributed by atoms with E-state index >= 15 is 0 Å². The Labute approximate surface area is 163 Å². The van der Waals surface area contributed by atoms with E-state index in [-0.39, 0.29) is 12.1 Å². The topological polar surface area (TPSA) is 89.5 Å². The Kier molecular flexibility index (Phi) is 5.77. The largest absolute Gasteiger partial charge is 0.316 e. The fourth-order valence-electron chi connectivity index (χ4n) is 2.58. The molecule has 2 aromatic carbocycles. The lowest BCUT2D eigenvalue weighted by atomic mass is 10.1. The molecule has 7 nitrogen and oxygen atoms in total. The number of benzene rings is 2. The second-order valence-electron chi connectivity index (χ2n) is 5.64. The summed E-state index contributed by atoms with van der Waals surface area (Å²) in [6, 6.07) is 17.7. The number of nitro groups is 1. The fraction of sp³-hybridized carbons (Fsp3) is 0.0526. The monoisotopic (exact) mass is 426 g/mol. The van der Waals surface area contributed by atoms with Crippen molar-refractivity contribution in [2.75, 3.05) is 0 Å². The molecule has 1 amide bonds. The SMILES string of the molecule is O=C(Cc1ccccc1[N+](=O)[O-])N/N=C/c1cccn1-c1cccc(Br)c1. The Morgan fingerprint density at radius 3 is 2.78 bits per heavy atom. The highest BCUT2D eigenvalue weighted by Crippen LogP contribution is 2.18. The van der Waals surface area contributed by atoms with Gasteiger partial charge in [-0.05, 0) is 30.3 Å². The maximum absolute atomic E-state index is 12.1. The Morgan fingerprint density at radius 1 is 1.19 bits per heavy atom. The average molecular weight is 427 g/mol. The number of hydrazone groups is 1. The molecule has 0 aliphatic rings. The first-order chi connectivity index (χ1) is 13.0. The van der Waals surface area contributed by atoms with Crippen LogP contribution in [0.2, 0.25) is 0 Å². The van der Waals surface area contributed by atoms with Gasteiger partial charge in [0, 0.05) is 28.0 Å². The zero-order valence-electron chi connectivity index (χ0n) is 14.1. The molecule has 0 atom stereocenters. The molecule has 1 heterocycles. The molecule has 27 heavy (non-hydrogen) atoms. The highest BCUT2D eigenvalue weighted by Gasteiger charge is 2.15. The van der Waals surface area contributed by atoms with Crippen molar-refractivity contribution in [1.82, 2.24) is 9.99 Å². The minimum Gasteiger partial charge on any atom is -0.316 e. The Hall–Kier alpha value is -3.26. The third-order valence-electron chi connectivity index (χ3n) is 3.79. The van der Waals surface area contributed by atoms with Crippen LogP contribution in [0.4, 0.5) is 5.69 Å². The number of nitro benzene ring substituents is 1. The molecular formula is C19H15BrN4O3. The van der Waals surface area contributed by atoms with Gasteiger partial charge in [-0.3, -0.25) is 14.9 Å². The number of carbonyl (C=O) groups excluding carboxylic acids is 1. The standard InChI is InChI=1S/C19H15BrN4O3/c20-15-6-3-7-16(12-15)23-10-4-8-17(23)13-21-22-19(25)11-14-5-1-2-9-18(14)24(26)27/h1-10,12-13H,11H2,(H,22,25)/b21-13+. The maximum atomic E-state index is 12.1. The van der Waals surface area contributed by atoms with Crippen LogP contribution < -0.4 is 5.43 Å². The summed E-state index contributed by atoms with van der Waals surface area (Å²) in [5.41, 5.74) is 4.39. The third-order valence-corrected chi connectivity index (χ3v) is 4.29. The van der Waals surface area contributed by atoms with E-state index in [0.717, 1.165) is 15.9 Å². The normalized spacial score (nSPS) is 10.9. The number of nitrogens with zero attached hydrogens (tertiary/aromatic N) is 3. The van der Waals surface area contributed by atoms with Gasteiger partial charge in [0.15, 0.2) is 0 Å². The van der Waals surface area contributed by atoms with E-state index in [4.69, 9.17) is 0 Å². The molecule has 1 aromatic heterocycles. The first kappa shape index (κ1) is 18.5. The Morgan fingerprint density at radius 2 is 2.00 bits per heavy atom. The van der Waals surface area contributed by atoms with Gasteiger partial charge in [-0.15, -0.1) is 0 Å². The lowest BCUT2D eigenvalue weighted by Crippen LogP contribution is -2.20. The summed E-state index contributed by atoms with van der Waals surface area (Å²) in [4.78, 5) is 22.6. The molecule has 0 fully saturated rings. The highest BCUT2D eigenvalue weighted by atomic mass is 79.9. The third kappa shape index (κ3) is 4.68. The first-order valence-corrected chi connectivity index (χ1v) is 8.81. The summed E-state index contributed by atoms with van der Waals surface area (Å²) < 4.78 is 2.87. The second-order valence-corrected chi connectivity index (χ2v) is 6.55. The van der Waals surface area contributed by atoms with Crippen molar-refractivity contribution in [3.05, 3.63) is 92.7 Å². The van der Waals surface area contributed by atoms with E-state index in [1.165, 1.54) is 12.3 Å². The minimum atomic E-state index is -0.503. The minimum absolute atomic E-state index is 0.0832. The van der Waals surface area contributed by atoms with Gasteiger partial charge in [0.05, 0.1) is 23.3 Å². The predicted molar refractivity (Wildman–Crippen MR) is 106 cm³/mol. The van der Waals surface area contributed by atoms with E-state index in [0.29, 0.717) is 5.56 Å². The van der Waals surface area contributed by atoms with Gasteiger partial charge in [0.2, 0.25) is 5.91 Å². The van der Waals surface area contributed by atoms with Gasteiger partial charge in [-0.1, -0.05) is 40.2 Å². The summed E-state index contributed by atoms with van der Waals surface area (Å²) in [5.74, 6) is -0.430. The summed E-state index contributed by atoms with van der Waals surface area (Å²) in [7, 11) is 0. The molecule has 0 aliphatic heterocycles. The summed E-state index contributed by atoms with van der Waals surface area (Å²) in [6.45, 7) is 0. The number of hydrogen-bond donors (Lipinski definition) is 1. The zero-order chi connectivity index (χ0) is 19.2. The smallest absolute Gasteiger partial charge is 0.273 e. The van der Waals surface area contributed by atoms with Crippen LogP contribution in [0.25, 0.3) is 5.69 Å². The van der Waals surface area contributed by atoms with Crippen LogP contribution in [-0.4, -0.2) is 21.6 Å². The van der Waals surface area contributed by atoms with Gasteiger partial charge < -0.3 is 4.57 Å². The van der Waals surface area contributed by atoms with Crippen LogP contribution in [0.1, 0.15) is 11.3 Å². The molecule has 0 radical (unpaired) electrons. The van der Waals surface area contributed by atoms with E-state index < -0.39 is 10.8 Å². The number of nitrogens with one attached hydrogen (secondary N) is 1.